The van der Waals surface area contributed by atoms with Crippen LogP contribution in [-0.2, 0) is 9.53 Å². The van der Waals surface area contributed by atoms with Crippen LogP contribution in [0.1, 0.15) is 20.3 Å². The van der Waals surface area contributed by atoms with Gasteiger partial charge in [0.05, 0.1) is 11.1 Å². The number of amides is 1. The zero-order valence-corrected chi connectivity index (χ0v) is 12.2. The molecule has 0 aliphatic rings. The van der Waals surface area contributed by atoms with Crippen molar-refractivity contribution in [3.05, 3.63) is 30.3 Å². The van der Waals surface area contributed by atoms with E-state index in [2.05, 4.69) is 0 Å². The minimum absolute atomic E-state index is 0.0251. The lowest BCUT2D eigenvalue weighted by molar-refractivity contribution is -0.124. The van der Waals surface area contributed by atoms with Gasteiger partial charge < -0.3 is 15.4 Å². The quantitative estimate of drug-likeness (QED) is 0.777. The first kappa shape index (κ1) is 15.6. The number of hydrogen-bond acceptors (Lipinski definition) is 3. The van der Waals surface area contributed by atoms with Crippen molar-refractivity contribution < 1.29 is 9.53 Å². The van der Waals surface area contributed by atoms with E-state index in [9.17, 15) is 4.79 Å². The van der Waals surface area contributed by atoms with Gasteiger partial charge in [0.15, 0.2) is 0 Å². The Labute approximate surface area is 119 Å². The van der Waals surface area contributed by atoms with Crippen molar-refractivity contribution in [2.24, 2.45) is 5.73 Å². The molecule has 1 rings (SSSR count). The summed E-state index contributed by atoms with van der Waals surface area (Å²) in [6.45, 7) is 4.33. The van der Waals surface area contributed by atoms with E-state index in [0.29, 0.717) is 18.0 Å². The van der Waals surface area contributed by atoms with E-state index < -0.39 is 0 Å². The maximum Gasteiger partial charge on any atom is 0.252 e. The molecule has 5 heteroatoms. The molecule has 1 aromatic rings. The molecule has 19 heavy (non-hydrogen) atoms. The molecule has 0 spiro atoms. The average Bonchev–Trinajstić information content (AvgIpc) is 2.37. The van der Waals surface area contributed by atoms with Gasteiger partial charge in [-0.2, -0.15) is 0 Å². The number of rotatable bonds is 7. The average molecular weight is 280 g/mol. The summed E-state index contributed by atoms with van der Waals surface area (Å²) < 4.78 is 5.36. The van der Waals surface area contributed by atoms with Crippen molar-refractivity contribution in [1.82, 2.24) is 0 Å². The first-order valence-electron chi connectivity index (χ1n) is 6.26. The number of carbonyl (C=O) groups excluding carboxylic acids is 1. The molecule has 0 aromatic heterocycles. The van der Waals surface area contributed by atoms with Crippen LogP contribution in [0, 0.1) is 0 Å². The first-order chi connectivity index (χ1) is 9.00. The molecule has 104 valence electrons. The fourth-order valence-corrected chi connectivity index (χ4v) is 1.63. The SMILES string of the molecule is CC(C)OCC(=O)N(CCC(N)=S)c1ccccc1. The van der Waals surface area contributed by atoms with E-state index in [1.165, 1.54) is 0 Å². The summed E-state index contributed by atoms with van der Waals surface area (Å²) in [5.74, 6) is -0.0869. The normalized spacial score (nSPS) is 10.5. The third-order valence-electron chi connectivity index (χ3n) is 2.49. The molecule has 0 fully saturated rings. The Balaban J connectivity index is 2.74. The van der Waals surface area contributed by atoms with Gasteiger partial charge in [0.1, 0.15) is 6.61 Å². The Morgan fingerprint density at radius 3 is 2.53 bits per heavy atom. The molecule has 0 saturated heterocycles. The van der Waals surface area contributed by atoms with Crippen LogP contribution in [0.3, 0.4) is 0 Å². The van der Waals surface area contributed by atoms with Crippen LogP contribution in [0.15, 0.2) is 30.3 Å². The third-order valence-corrected chi connectivity index (χ3v) is 2.69. The Hall–Kier alpha value is -1.46. The van der Waals surface area contributed by atoms with Gasteiger partial charge >= 0.3 is 0 Å². The molecule has 4 nitrogen and oxygen atoms in total. The van der Waals surface area contributed by atoms with E-state index in [0.717, 1.165) is 5.69 Å². The highest BCUT2D eigenvalue weighted by Gasteiger charge is 2.16. The van der Waals surface area contributed by atoms with Crippen molar-refractivity contribution in [3.8, 4) is 0 Å². The van der Waals surface area contributed by atoms with Gasteiger partial charge in [-0.3, -0.25) is 4.79 Å². The highest BCUT2D eigenvalue weighted by molar-refractivity contribution is 7.80. The molecule has 0 saturated carbocycles. The highest BCUT2D eigenvalue weighted by atomic mass is 32.1. The van der Waals surface area contributed by atoms with Crippen molar-refractivity contribution in [3.63, 3.8) is 0 Å². The maximum atomic E-state index is 12.2. The molecule has 0 aliphatic heterocycles. The third kappa shape index (κ3) is 5.81. The Bertz CT molecular complexity index is 421. The fourth-order valence-electron chi connectivity index (χ4n) is 1.54. The molecular weight excluding hydrogens is 260 g/mol. The van der Waals surface area contributed by atoms with Gasteiger partial charge in [-0.05, 0) is 26.0 Å². The largest absolute Gasteiger partial charge is 0.393 e. The zero-order valence-electron chi connectivity index (χ0n) is 11.3. The van der Waals surface area contributed by atoms with E-state index in [4.69, 9.17) is 22.7 Å². The number of benzene rings is 1. The van der Waals surface area contributed by atoms with Crippen molar-refractivity contribution in [2.45, 2.75) is 26.4 Å². The lowest BCUT2D eigenvalue weighted by atomic mass is 10.2. The van der Waals surface area contributed by atoms with E-state index in [1.54, 1.807) is 4.90 Å². The minimum Gasteiger partial charge on any atom is -0.393 e. The van der Waals surface area contributed by atoms with Gasteiger partial charge in [0, 0.05) is 18.7 Å². The fraction of sp³-hybridized carbons (Fsp3) is 0.429. The standard InChI is InChI=1S/C14H20N2O2S/c1-11(2)18-10-14(17)16(9-8-13(15)19)12-6-4-3-5-7-12/h3-7,11H,8-10H2,1-2H3,(H2,15,19). The number of thiocarbonyl (C=S) groups is 1. The number of para-hydroxylation sites is 1. The summed E-state index contributed by atoms with van der Waals surface area (Å²) in [5.41, 5.74) is 6.33. The maximum absolute atomic E-state index is 12.2. The van der Waals surface area contributed by atoms with Crippen molar-refractivity contribution in [2.75, 3.05) is 18.1 Å². The summed E-state index contributed by atoms with van der Waals surface area (Å²) in [4.78, 5) is 14.2. The molecule has 2 N–H and O–H groups in total. The molecule has 0 unspecified atom stereocenters. The second-order valence-electron chi connectivity index (χ2n) is 4.46. The number of nitrogens with zero attached hydrogens (tertiary/aromatic N) is 1. The summed E-state index contributed by atoms with van der Waals surface area (Å²) in [6, 6.07) is 9.45. The van der Waals surface area contributed by atoms with E-state index >= 15 is 0 Å². The molecular formula is C14H20N2O2S. The van der Waals surface area contributed by atoms with Gasteiger partial charge in [-0.25, -0.2) is 0 Å². The minimum atomic E-state index is -0.0869. The lowest BCUT2D eigenvalue weighted by Gasteiger charge is -2.23. The van der Waals surface area contributed by atoms with Crippen molar-refractivity contribution in [1.29, 1.82) is 0 Å². The molecule has 0 atom stereocenters. The van der Waals surface area contributed by atoms with Crippen LogP contribution in [0.4, 0.5) is 5.69 Å². The van der Waals surface area contributed by atoms with Gasteiger partial charge in [0.2, 0.25) is 0 Å². The second-order valence-corrected chi connectivity index (χ2v) is 4.98. The zero-order chi connectivity index (χ0) is 14.3. The molecule has 1 aromatic carbocycles. The second kappa shape index (κ2) is 7.86. The molecule has 0 radical (unpaired) electrons. The highest BCUT2D eigenvalue weighted by Crippen LogP contribution is 2.14. The van der Waals surface area contributed by atoms with Crippen molar-refractivity contribution >= 4 is 28.8 Å². The van der Waals surface area contributed by atoms with Crippen LogP contribution in [-0.4, -0.2) is 30.2 Å². The van der Waals surface area contributed by atoms with Crippen LogP contribution in [0.2, 0.25) is 0 Å². The van der Waals surface area contributed by atoms with Gasteiger partial charge in [-0.1, -0.05) is 30.4 Å². The van der Waals surface area contributed by atoms with Crippen LogP contribution in [0.5, 0.6) is 0 Å². The van der Waals surface area contributed by atoms with Crippen LogP contribution < -0.4 is 10.6 Å². The van der Waals surface area contributed by atoms with E-state index in [-0.39, 0.29) is 18.6 Å². The smallest absolute Gasteiger partial charge is 0.252 e. The number of hydrogen-bond donors (Lipinski definition) is 1. The predicted molar refractivity (Wildman–Crippen MR) is 81.3 cm³/mol. The molecule has 1 amide bonds. The summed E-state index contributed by atoms with van der Waals surface area (Å²) in [7, 11) is 0. The van der Waals surface area contributed by atoms with E-state index in [1.807, 2.05) is 44.2 Å². The monoisotopic (exact) mass is 280 g/mol. The Kier molecular flexibility index (Phi) is 6.45. The Morgan fingerprint density at radius 2 is 2.00 bits per heavy atom. The number of anilines is 1. The lowest BCUT2D eigenvalue weighted by Crippen LogP contribution is -2.37. The summed E-state index contributed by atoms with van der Waals surface area (Å²) >= 11 is 4.87. The summed E-state index contributed by atoms with van der Waals surface area (Å²) in [5, 5.41) is 0. The summed E-state index contributed by atoms with van der Waals surface area (Å²) in [6.07, 6.45) is 0.523. The predicted octanol–water partition coefficient (Wildman–Crippen LogP) is 2.12. The number of ether oxygens (including phenoxy) is 1. The number of nitrogens with two attached hydrogens (primary N) is 1. The molecule has 0 bridgehead atoms. The number of carbonyl (C=O) groups is 1. The van der Waals surface area contributed by atoms with Gasteiger partial charge in [-0.15, -0.1) is 0 Å². The topological polar surface area (TPSA) is 55.6 Å². The van der Waals surface area contributed by atoms with Crippen LogP contribution in [0.25, 0.3) is 0 Å². The van der Waals surface area contributed by atoms with Gasteiger partial charge in [0.25, 0.3) is 5.91 Å². The molecule has 0 aliphatic carbocycles. The first-order valence-corrected chi connectivity index (χ1v) is 6.67. The molecule has 0 heterocycles. The van der Waals surface area contributed by atoms with Crippen LogP contribution >= 0.6 is 12.2 Å². The Morgan fingerprint density at radius 1 is 1.37 bits per heavy atom.